The molecule has 1 heterocycles. The summed E-state index contributed by atoms with van der Waals surface area (Å²) < 4.78 is 11.3. The lowest BCUT2D eigenvalue weighted by atomic mass is 10.1. The average Bonchev–Trinajstić information content (AvgIpc) is 2.85. The van der Waals surface area contributed by atoms with Crippen molar-refractivity contribution in [3.8, 4) is 17.2 Å². The van der Waals surface area contributed by atoms with Crippen LogP contribution in [0.1, 0.15) is 15.9 Å². The summed E-state index contributed by atoms with van der Waals surface area (Å²) in [6, 6.07) is 20.3. The minimum absolute atomic E-state index is 0.240. The molecule has 4 N–H and O–H groups in total. The topological polar surface area (TPSA) is 98.5 Å². The average molecular weight is 507 g/mol. The molecule has 178 valence electrons. The van der Waals surface area contributed by atoms with Gasteiger partial charge < -0.3 is 25.8 Å². The number of fused-ring (bicyclic) bond motifs is 1. The molecule has 0 spiro atoms. The number of anilines is 1. The van der Waals surface area contributed by atoms with Crippen LogP contribution in [0.3, 0.4) is 0 Å². The maximum Gasteiger partial charge on any atom is 0.252 e. The number of hydrogen-bond acceptors (Lipinski definition) is 5. The molecule has 7 nitrogen and oxygen atoms in total. The van der Waals surface area contributed by atoms with Crippen molar-refractivity contribution < 1.29 is 14.3 Å². The molecule has 4 rings (SSSR count). The normalized spacial score (nSPS) is 10.6. The summed E-state index contributed by atoms with van der Waals surface area (Å²) in [6.07, 6.45) is 2.46. The highest BCUT2D eigenvalue weighted by Crippen LogP contribution is 2.35. The molecule has 0 bridgehead atoms. The van der Waals surface area contributed by atoms with E-state index in [1.807, 2.05) is 18.2 Å². The van der Waals surface area contributed by atoms with E-state index in [1.165, 1.54) is 12.7 Å². The number of halogens is 1. The number of ether oxygens (including phenoxy) is 2. The van der Waals surface area contributed by atoms with E-state index in [0.717, 1.165) is 6.42 Å². The van der Waals surface area contributed by atoms with Gasteiger partial charge in [-0.3, -0.25) is 9.78 Å². The van der Waals surface area contributed by atoms with Crippen LogP contribution >= 0.6 is 23.8 Å². The number of thiocarbonyl (C=S) groups is 1. The first-order chi connectivity index (χ1) is 16.9. The Kier molecular flexibility index (Phi) is 7.64. The first-order valence-electron chi connectivity index (χ1n) is 10.8. The van der Waals surface area contributed by atoms with Gasteiger partial charge in [0, 0.05) is 30.3 Å². The number of carbonyl (C=O) groups excluding carboxylic acids is 1. The van der Waals surface area contributed by atoms with Gasteiger partial charge in [0.2, 0.25) is 0 Å². The Hall–Kier alpha value is -3.88. The number of aromatic nitrogens is 1. The molecular formula is C26H23ClN4O3S. The van der Waals surface area contributed by atoms with E-state index in [-0.39, 0.29) is 5.56 Å². The van der Waals surface area contributed by atoms with Crippen molar-refractivity contribution in [3.63, 3.8) is 0 Å². The van der Waals surface area contributed by atoms with Gasteiger partial charge in [-0.05, 0) is 48.5 Å². The summed E-state index contributed by atoms with van der Waals surface area (Å²) in [6.45, 7) is 0.696. The van der Waals surface area contributed by atoms with Crippen molar-refractivity contribution in [2.75, 3.05) is 19.0 Å². The Bertz CT molecular complexity index is 1380. The minimum Gasteiger partial charge on any atom is -0.496 e. The molecule has 0 unspecified atom stereocenters. The number of benzene rings is 3. The number of primary amides is 1. The summed E-state index contributed by atoms with van der Waals surface area (Å²) in [4.78, 5) is 16.2. The Morgan fingerprint density at radius 3 is 2.60 bits per heavy atom. The highest BCUT2D eigenvalue weighted by atomic mass is 35.5. The van der Waals surface area contributed by atoms with Crippen LogP contribution in [0.4, 0.5) is 5.69 Å². The molecule has 0 aliphatic rings. The van der Waals surface area contributed by atoms with Gasteiger partial charge in [0.05, 0.1) is 28.9 Å². The molecule has 9 heteroatoms. The Morgan fingerprint density at radius 1 is 1.09 bits per heavy atom. The number of pyridine rings is 1. The summed E-state index contributed by atoms with van der Waals surface area (Å²) in [7, 11) is 1.47. The second kappa shape index (κ2) is 11.0. The second-order valence-corrected chi connectivity index (χ2v) is 8.42. The summed E-state index contributed by atoms with van der Waals surface area (Å²) in [5, 5.41) is 7.82. The van der Waals surface area contributed by atoms with Crippen molar-refractivity contribution >= 4 is 51.4 Å². The van der Waals surface area contributed by atoms with E-state index >= 15 is 0 Å². The van der Waals surface area contributed by atoms with Gasteiger partial charge in [0.1, 0.15) is 17.2 Å². The van der Waals surface area contributed by atoms with Crippen molar-refractivity contribution in [1.29, 1.82) is 0 Å². The molecule has 0 aliphatic carbocycles. The van der Waals surface area contributed by atoms with E-state index in [0.29, 0.717) is 50.5 Å². The highest BCUT2D eigenvalue weighted by Gasteiger charge is 2.15. The number of nitrogens with one attached hydrogen (secondary N) is 2. The van der Waals surface area contributed by atoms with Crippen molar-refractivity contribution in [2.45, 2.75) is 6.42 Å². The first-order valence-corrected chi connectivity index (χ1v) is 11.6. The molecule has 3 aromatic carbocycles. The lowest BCUT2D eigenvalue weighted by molar-refractivity contribution is 0.0997. The molecule has 1 amide bonds. The van der Waals surface area contributed by atoms with Crippen LogP contribution < -0.4 is 25.8 Å². The molecule has 0 aliphatic heterocycles. The number of carbonyl (C=O) groups is 1. The summed E-state index contributed by atoms with van der Waals surface area (Å²) >= 11 is 11.9. The van der Waals surface area contributed by atoms with Gasteiger partial charge in [0.15, 0.2) is 5.11 Å². The SMILES string of the molecule is COc1cc2nccc(Oc3ccc(NC(=S)NCCc4ccccc4)c(Cl)c3)c2cc1C(N)=O. The number of rotatable bonds is 8. The summed E-state index contributed by atoms with van der Waals surface area (Å²) in [5.74, 6) is 0.745. The van der Waals surface area contributed by atoms with Crippen molar-refractivity contribution in [2.24, 2.45) is 5.73 Å². The fourth-order valence-corrected chi connectivity index (χ4v) is 3.95. The fourth-order valence-electron chi connectivity index (χ4n) is 3.52. The zero-order valence-corrected chi connectivity index (χ0v) is 20.5. The lowest BCUT2D eigenvalue weighted by Crippen LogP contribution is -2.30. The zero-order chi connectivity index (χ0) is 24.8. The molecule has 35 heavy (non-hydrogen) atoms. The first kappa shape index (κ1) is 24.3. The maximum atomic E-state index is 11.8. The van der Waals surface area contributed by atoms with Gasteiger partial charge in [-0.15, -0.1) is 0 Å². The fraction of sp³-hybridized carbons (Fsp3) is 0.115. The Morgan fingerprint density at radius 2 is 1.89 bits per heavy atom. The van der Waals surface area contributed by atoms with Gasteiger partial charge in [0.25, 0.3) is 5.91 Å². The smallest absolute Gasteiger partial charge is 0.252 e. The van der Waals surface area contributed by atoms with E-state index in [9.17, 15) is 4.79 Å². The van der Waals surface area contributed by atoms with E-state index in [4.69, 9.17) is 39.0 Å². The van der Waals surface area contributed by atoms with Crippen LogP contribution in [0.15, 0.2) is 72.9 Å². The standard InChI is InChI=1S/C26H23ClN4O3S/c1-33-24-15-22-18(14-19(24)25(28)32)23(10-12-29-22)34-17-7-8-21(20(27)13-17)31-26(35)30-11-9-16-5-3-2-4-6-16/h2-8,10,12-15H,9,11H2,1H3,(H2,28,32)(H2,30,31,35). The van der Waals surface area contributed by atoms with Crippen LogP contribution in [0.25, 0.3) is 10.9 Å². The molecule has 4 aromatic rings. The van der Waals surface area contributed by atoms with Gasteiger partial charge in [-0.1, -0.05) is 41.9 Å². The number of amides is 1. The predicted molar refractivity (Wildman–Crippen MR) is 143 cm³/mol. The van der Waals surface area contributed by atoms with Gasteiger partial charge in [-0.25, -0.2) is 0 Å². The summed E-state index contributed by atoms with van der Waals surface area (Å²) in [5.41, 5.74) is 8.22. The molecular weight excluding hydrogens is 484 g/mol. The second-order valence-electron chi connectivity index (χ2n) is 7.60. The van der Waals surface area contributed by atoms with Crippen LogP contribution in [0.5, 0.6) is 17.2 Å². The third-order valence-corrected chi connectivity index (χ3v) is 5.81. The van der Waals surface area contributed by atoms with Crippen LogP contribution in [0.2, 0.25) is 5.02 Å². The van der Waals surface area contributed by atoms with Crippen LogP contribution in [0, 0.1) is 0 Å². The molecule has 0 fully saturated rings. The van der Waals surface area contributed by atoms with E-state index in [1.54, 1.807) is 42.6 Å². The Labute approximate surface area is 213 Å². The monoisotopic (exact) mass is 506 g/mol. The molecule has 1 aromatic heterocycles. The number of nitrogens with zero attached hydrogens (tertiary/aromatic N) is 1. The molecule has 0 saturated carbocycles. The molecule has 0 radical (unpaired) electrons. The Balaban J connectivity index is 1.45. The quantitative estimate of drug-likeness (QED) is 0.278. The molecule has 0 atom stereocenters. The number of methoxy groups -OCH3 is 1. The van der Waals surface area contributed by atoms with Gasteiger partial charge >= 0.3 is 0 Å². The van der Waals surface area contributed by atoms with Crippen molar-refractivity contribution in [1.82, 2.24) is 10.3 Å². The van der Waals surface area contributed by atoms with Crippen LogP contribution in [-0.2, 0) is 6.42 Å². The lowest BCUT2D eigenvalue weighted by Gasteiger charge is -2.14. The van der Waals surface area contributed by atoms with Gasteiger partial charge in [-0.2, -0.15) is 0 Å². The predicted octanol–water partition coefficient (Wildman–Crippen LogP) is 5.32. The van der Waals surface area contributed by atoms with E-state index in [2.05, 4.69) is 27.8 Å². The van der Waals surface area contributed by atoms with E-state index < -0.39 is 5.91 Å². The molecule has 0 saturated heterocycles. The zero-order valence-electron chi connectivity index (χ0n) is 18.9. The maximum absolute atomic E-state index is 11.8. The van der Waals surface area contributed by atoms with Crippen LogP contribution in [-0.4, -0.2) is 29.7 Å². The largest absolute Gasteiger partial charge is 0.496 e. The third-order valence-electron chi connectivity index (χ3n) is 5.25. The minimum atomic E-state index is -0.606. The number of nitrogens with two attached hydrogens (primary N) is 1. The highest BCUT2D eigenvalue weighted by molar-refractivity contribution is 7.80. The third kappa shape index (κ3) is 5.98. The number of hydrogen-bond donors (Lipinski definition) is 3. The van der Waals surface area contributed by atoms with Crippen molar-refractivity contribution in [3.05, 3.63) is 89.1 Å².